The molecule has 1 aliphatic rings. The highest BCUT2D eigenvalue weighted by atomic mass is 32.2. The monoisotopic (exact) mass is 166 g/mol. The van der Waals surface area contributed by atoms with Gasteiger partial charge in [-0.15, -0.1) is 0 Å². The van der Waals surface area contributed by atoms with E-state index >= 15 is 0 Å². The van der Waals surface area contributed by atoms with E-state index in [4.69, 9.17) is 0 Å². The molecule has 1 aromatic rings. The van der Waals surface area contributed by atoms with Gasteiger partial charge in [-0.25, -0.2) is 0 Å². The Morgan fingerprint density at radius 1 is 1.55 bits per heavy atom. The van der Waals surface area contributed by atoms with Crippen molar-refractivity contribution in [3.63, 3.8) is 0 Å². The average molecular weight is 166 g/mol. The maximum absolute atomic E-state index is 4.06. The molecule has 1 aliphatic heterocycles. The molecule has 0 aromatic carbocycles. The average Bonchev–Trinajstić information content (AvgIpc) is 2.21. The van der Waals surface area contributed by atoms with E-state index in [9.17, 15) is 0 Å². The third kappa shape index (κ3) is 1.20. The summed E-state index contributed by atoms with van der Waals surface area (Å²) in [5, 5.41) is 3.40. The van der Waals surface area contributed by atoms with Crippen molar-refractivity contribution in [1.29, 1.82) is 0 Å². The smallest absolute Gasteiger partial charge is 0.0824 e. The molecular weight excluding hydrogens is 156 g/mol. The van der Waals surface area contributed by atoms with Gasteiger partial charge in [0.2, 0.25) is 0 Å². The number of fused-ring (bicyclic) bond motifs is 1. The van der Waals surface area contributed by atoms with Crippen LogP contribution in [0.2, 0.25) is 0 Å². The minimum absolute atomic E-state index is 0.130. The molecule has 11 heavy (non-hydrogen) atoms. The lowest BCUT2D eigenvalue weighted by atomic mass is 10.3. The predicted octanol–water partition coefficient (Wildman–Crippen LogP) is 2.34. The number of nitrogens with zero attached hydrogens (tertiary/aromatic N) is 1. The minimum atomic E-state index is 0.130. The Morgan fingerprint density at radius 3 is 3.09 bits per heavy atom. The Bertz CT molecular complexity index is 256. The summed E-state index contributed by atoms with van der Waals surface area (Å²) in [6.07, 6.45) is 3.72. The first-order valence-electron chi connectivity index (χ1n) is 3.59. The van der Waals surface area contributed by atoms with Gasteiger partial charge < -0.3 is 5.32 Å². The second-order valence-electron chi connectivity index (χ2n) is 3.11. The first kappa shape index (κ1) is 6.98. The molecule has 0 unspecified atom stereocenters. The molecule has 0 saturated carbocycles. The fourth-order valence-electron chi connectivity index (χ4n) is 1.19. The number of rotatable bonds is 0. The largest absolute Gasteiger partial charge is 0.370 e. The van der Waals surface area contributed by atoms with Crippen molar-refractivity contribution < 1.29 is 0 Å². The van der Waals surface area contributed by atoms with E-state index in [2.05, 4.69) is 24.1 Å². The van der Waals surface area contributed by atoms with Gasteiger partial charge in [-0.2, -0.15) is 0 Å². The highest BCUT2D eigenvalue weighted by Gasteiger charge is 2.27. The number of pyridine rings is 1. The Kier molecular flexibility index (Phi) is 1.36. The van der Waals surface area contributed by atoms with Crippen molar-refractivity contribution in [2.45, 2.75) is 23.6 Å². The SMILES string of the molecule is CC1(C)Nc2ccncc2S1. The molecule has 0 radical (unpaired) electrons. The van der Waals surface area contributed by atoms with Crippen molar-refractivity contribution in [3.8, 4) is 0 Å². The zero-order valence-corrected chi connectivity index (χ0v) is 7.40. The zero-order chi connectivity index (χ0) is 7.90. The first-order valence-corrected chi connectivity index (χ1v) is 4.40. The van der Waals surface area contributed by atoms with Crippen LogP contribution in [0.4, 0.5) is 5.69 Å². The molecule has 0 fully saturated rings. The van der Waals surface area contributed by atoms with E-state index < -0.39 is 0 Å². The molecule has 1 aromatic heterocycles. The molecule has 0 amide bonds. The number of hydrogen-bond acceptors (Lipinski definition) is 3. The van der Waals surface area contributed by atoms with Crippen molar-refractivity contribution in [2.24, 2.45) is 0 Å². The fraction of sp³-hybridized carbons (Fsp3) is 0.375. The first-order chi connectivity index (χ1) is 5.17. The quantitative estimate of drug-likeness (QED) is 0.640. The normalized spacial score (nSPS) is 19.1. The van der Waals surface area contributed by atoms with E-state index in [1.54, 1.807) is 0 Å². The third-order valence-electron chi connectivity index (χ3n) is 1.59. The van der Waals surface area contributed by atoms with Crippen LogP contribution < -0.4 is 5.32 Å². The Balaban J connectivity index is 2.41. The lowest BCUT2D eigenvalue weighted by Gasteiger charge is -2.16. The van der Waals surface area contributed by atoms with Crippen LogP contribution in [0.5, 0.6) is 0 Å². The van der Waals surface area contributed by atoms with Gasteiger partial charge in [0.15, 0.2) is 0 Å². The summed E-state index contributed by atoms with van der Waals surface area (Å²) in [7, 11) is 0. The molecule has 0 spiro atoms. The van der Waals surface area contributed by atoms with Crippen LogP contribution in [0.25, 0.3) is 0 Å². The fourth-order valence-corrected chi connectivity index (χ4v) is 2.24. The molecule has 1 N–H and O–H groups in total. The zero-order valence-electron chi connectivity index (χ0n) is 6.59. The van der Waals surface area contributed by atoms with E-state index in [-0.39, 0.29) is 4.87 Å². The van der Waals surface area contributed by atoms with E-state index in [1.165, 1.54) is 10.6 Å². The highest BCUT2D eigenvalue weighted by molar-refractivity contribution is 8.01. The van der Waals surface area contributed by atoms with Crippen molar-refractivity contribution in [3.05, 3.63) is 18.5 Å². The van der Waals surface area contributed by atoms with Crippen LogP contribution >= 0.6 is 11.8 Å². The Labute approximate surface area is 70.4 Å². The second kappa shape index (κ2) is 2.14. The molecule has 0 atom stereocenters. The topological polar surface area (TPSA) is 24.9 Å². The minimum Gasteiger partial charge on any atom is -0.370 e. The van der Waals surface area contributed by atoms with Gasteiger partial charge in [-0.05, 0) is 19.9 Å². The Hall–Kier alpha value is -0.700. The summed E-state index contributed by atoms with van der Waals surface area (Å²) in [5.74, 6) is 0. The molecule has 0 aliphatic carbocycles. The number of thioether (sulfide) groups is 1. The van der Waals surface area contributed by atoms with Crippen LogP contribution in [-0.4, -0.2) is 9.85 Å². The van der Waals surface area contributed by atoms with Crippen molar-refractivity contribution in [1.82, 2.24) is 4.98 Å². The third-order valence-corrected chi connectivity index (χ3v) is 2.74. The summed E-state index contributed by atoms with van der Waals surface area (Å²) in [6.45, 7) is 4.33. The molecule has 58 valence electrons. The number of hydrogen-bond donors (Lipinski definition) is 1. The molecule has 0 saturated heterocycles. The van der Waals surface area contributed by atoms with Gasteiger partial charge >= 0.3 is 0 Å². The van der Waals surface area contributed by atoms with Crippen molar-refractivity contribution >= 4 is 17.4 Å². The van der Waals surface area contributed by atoms with Gasteiger partial charge in [0, 0.05) is 12.4 Å². The number of aromatic nitrogens is 1. The molecule has 3 heteroatoms. The van der Waals surface area contributed by atoms with E-state index in [1.807, 2.05) is 30.2 Å². The predicted molar refractivity (Wildman–Crippen MR) is 47.8 cm³/mol. The molecule has 2 rings (SSSR count). The molecule has 2 heterocycles. The summed E-state index contributed by atoms with van der Waals surface area (Å²) < 4.78 is 0. The van der Waals surface area contributed by atoms with E-state index in [0.717, 1.165) is 0 Å². The van der Waals surface area contributed by atoms with Gasteiger partial charge in [0.25, 0.3) is 0 Å². The second-order valence-corrected chi connectivity index (χ2v) is 4.77. The lowest BCUT2D eigenvalue weighted by Crippen LogP contribution is -2.20. The number of anilines is 1. The highest BCUT2D eigenvalue weighted by Crippen LogP contribution is 2.43. The van der Waals surface area contributed by atoms with Crippen molar-refractivity contribution in [2.75, 3.05) is 5.32 Å². The van der Waals surface area contributed by atoms with Gasteiger partial charge in [-0.1, -0.05) is 11.8 Å². The maximum atomic E-state index is 4.06. The van der Waals surface area contributed by atoms with Crippen LogP contribution in [0.3, 0.4) is 0 Å². The standard InChI is InChI=1S/C8H10N2S/c1-8(2)10-6-3-4-9-5-7(6)11-8/h3-5,10H,1-2H3. The van der Waals surface area contributed by atoms with E-state index in [0.29, 0.717) is 0 Å². The summed E-state index contributed by atoms with van der Waals surface area (Å²) in [6, 6.07) is 2.01. The summed E-state index contributed by atoms with van der Waals surface area (Å²) >= 11 is 1.82. The molecule has 2 nitrogen and oxygen atoms in total. The van der Waals surface area contributed by atoms with Crippen LogP contribution in [0, 0.1) is 0 Å². The number of nitrogens with one attached hydrogen (secondary N) is 1. The molecular formula is C8H10N2S. The lowest BCUT2D eigenvalue weighted by molar-refractivity contribution is 0.836. The molecule has 0 bridgehead atoms. The summed E-state index contributed by atoms with van der Waals surface area (Å²) in [5.41, 5.74) is 1.20. The maximum Gasteiger partial charge on any atom is 0.0824 e. The van der Waals surface area contributed by atoms with Gasteiger partial charge in [-0.3, -0.25) is 4.98 Å². The van der Waals surface area contributed by atoms with Crippen LogP contribution in [0.1, 0.15) is 13.8 Å². The Morgan fingerprint density at radius 2 is 2.36 bits per heavy atom. The van der Waals surface area contributed by atoms with Gasteiger partial charge in [0.1, 0.15) is 0 Å². The van der Waals surface area contributed by atoms with Gasteiger partial charge in [0.05, 0.1) is 15.5 Å². The van der Waals surface area contributed by atoms with Crippen LogP contribution in [0.15, 0.2) is 23.4 Å². The summed E-state index contributed by atoms with van der Waals surface area (Å²) in [4.78, 5) is 5.44. The van der Waals surface area contributed by atoms with Crippen LogP contribution in [-0.2, 0) is 0 Å².